The Balaban J connectivity index is 1.62. The highest BCUT2D eigenvalue weighted by Gasteiger charge is 2.39. The van der Waals surface area contributed by atoms with Gasteiger partial charge in [0, 0.05) is 29.9 Å². The summed E-state index contributed by atoms with van der Waals surface area (Å²) in [4.78, 5) is 14.2. The third-order valence-corrected chi connectivity index (χ3v) is 5.56. The van der Waals surface area contributed by atoms with Crippen molar-refractivity contribution < 1.29 is 9.53 Å². The smallest absolute Gasteiger partial charge is 0.227 e. The van der Waals surface area contributed by atoms with Crippen LogP contribution in [0, 0.1) is 17.2 Å². The Labute approximate surface area is 165 Å². The Morgan fingerprint density at radius 2 is 1.96 bits per heavy atom. The molecule has 1 heterocycles. The van der Waals surface area contributed by atoms with Gasteiger partial charge in [-0.15, -0.1) is 0 Å². The van der Waals surface area contributed by atoms with Crippen molar-refractivity contribution in [2.75, 3.05) is 23.4 Å². The first-order valence-electron chi connectivity index (χ1n) is 10.00. The number of nitrogens with one attached hydrogen (secondary N) is 1. The highest BCUT2D eigenvalue weighted by atomic mass is 16.5. The van der Waals surface area contributed by atoms with Gasteiger partial charge in [-0.3, -0.25) is 4.79 Å². The van der Waals surface area contributed by atoms with Gasteiger partial charge in [-0.1, -0.05) is 18.2 Å². The third-order valence-electron chi connectivity index (χ3n) is 5.56. The van der Waals surface area contributed by atoms with E-state index < -0.39 is 0 Å². The lowest BCUT2D eigenvalue weighted by Crippen LogP contribution is -2.26. The molecule has 0 spiro atoms. The van der Waals surface area contributed by atoms with E-state index in [9.17, 15) is 10.1 Å². The second kappa shape index (κ2) is 7.55. The molecule has 2 aliphatic rings. The number of carbonyl (C=O) groups is 1. The minimum Gasteiger partial charge on any atom is -0.494 e. The van der Waals surface area contributed by atoms with E-state index in [2.05, 4.69) is 23.2 Å². The molecule has 0 radical (unpaired) electrons. The van der Waals surface area contributed by atoms with E-state index in [4.69, 9.17) is 4.74 Å². The summed E-state index contributed by atoms with van der Waals surface area (Å²) in [5.41, 5.74) is 4.00. The minimum absolute atomic E-state index is 0.0462. The Kier molecular flexibility index (Phi) is 4.95. The minimum atomic E-state index is -0.238. The normalized spacial score (nSPS) is 20.4. The summed E-state index contributed by atoms with van der Waals surface area (Å²) >= 11 is 0. The number of likely N-dealkylation sites (N-methyl/N-ethyl adjacent to an activating group) is 1. The monoisotopic (exact) mass is 375 g/mol. The maximum absolute atomic E-state index is 12.0. The molecular formula is C23H25N3O2. The van der Waals surface area contributed by atoms with Crippen LogP contribution in [0.15, 0.2) is 42.5 Å². The van der Waals surface area contributed by atoms with Crippen LogP contribution in [0.4, 0.5) is 11.4 Å². The summed E-state index contributed by atoms with van der Waals surface area (Å²) in [6.07, 6.45) is 1.98. The molecule has 1 aliphatic carbocycles. The van der Waals surface area contributed by atoms with E-state index >= 15 is 0 Å². The molecule has 144 valence electrons. The second-order valence-electron chi connectivity index (χ2n) is 7.38. The highest BCUT2D eigenvalue weighted by molar-refractivity contribution is 5.94. The zero-order valence-electron chi connectivity index (χ0n) is 16.3. The standard InChI is InChI=1S/C23H25N3O2/c1-3-26-21-13-18(28-4-2)11-12-19(21)20(14-24)22(26)15-7-9-17(10-8-15)25-23(27)16-5-6-16/h7-13,16,20,22H,3-6H2,1-2H3,(H,25,27). The van der Waals surface area contributed by atoms with Crippen LogP contribution in [0.25, 0.3) is 0 Å². The van der Waals surface area contributed by atoms with Crippen LogP contribution < -0.4 is 15.0 Å². The molecule has 1 amide bonds. The van der Waals surface area contributed by atoms with Crippen LogP contribution in [-0.2, 0) is 4.79 Å². The lowest BCUT2D eigenvalue weighted by molar-refractivity contribution is -0.117. The molecule has 2 aromatic rings. The van der Waals surface area contributed by atoms with Gasteiger partial charge in [-0.05, 0) is 56.0 Å². The van der Waals surface area contributed by atoms with Gasteiger partial charge in [-0.25, -0.2) is 0 Å². The number of carbonyl (C=O) groups excluding carboxylic acids is 1. The molecule has 2 aromatic carbocycles. The van der Waals surface area contributed by atoms with Crippen molar-refractivity contribution in [2.24, 2.45) is 5.92 Å². The van der Waals surface area contributed by atoms with Crippen molar-refractivity contribution in [2.45, 2.75) is 38.6 Å². The molecule has 1 fully saturated rings. The van der Waals surface area contributed by atoms with E-state index in [-0.39, 0.29) is 23.8 Å². The quantitative estimate of drug-likeness (QED) is 0.800. The number of fused-ring (bicyclic) bond motifs is 1. The molecule has 2 atom stereocenters. The predicted molar refractivity (Wildman–Crippen MR) is 110 cm³/mol. The van der Waals surface area contributed by atoms with Crippen LogP contribution in [0.3, 0.4) is 0 Å². The Morgan fingerprint density at radius 1 is 1.21 bits per heavy atom. The Bertz CT molecular complexity index is 912. The van der Waals surface area contributed by atoms with Crippen molar-refractivity contribution in [3.8, 4) is 11.8 Å². The van der Waals surface area contributed by atoms with Crippen LogP contribution in [-0.4, -0.2) is 19.1 Å². The fourth-order valence-electron chi connectivity index (χ4n) is 4.02. The van der Waals surface area contributed by atoms with Crippen LogP contribution >= 0.6 is 0 Å². The number of nitriles is 1. The first-order valence-corrected chi connectivity index (χ1v) is 10.00. The van der Waals surface area contributed by atoms with Crippen molar-refractivity contribution in [1.29, 1.82) is 5.26 Å². The van der Waals surface area contributed by atoms with Gasteiger partial charge in [0.05, 0.1) is 24.6 Å². The van der Waals surface area contributed by atoms with Gasteiger partial charge < -0.3 is 15.0 Å². The molecule has 28 heavy (non-hydrogen) atoms. The lowest BCUT2D eigenvalue weighted by Gasteiger charge is -2.28. The van der Waals surface area contributed by atoms with Gasteiger partial charge in [0.1, 0.15) is 5.75 Å². The molecule has 5 nitrogen and oxygen atoms in total. The van der Waals surface area contributed by atoms with E-state index in [0.717, 1.165) is 47.6 Å². The molecule has 1 N–H and O–H groups in total. The summed E-state index contributed by atoms with van der Waals surface area (Å²) in [7, 11) is 0. The van der Waals surface area contributed by atoms with Crippen LogP contribution in [0.2, 0.25) is 0 Å². The topological polar surface area (TPSA) is 65.4 Å². The maximum atomic E-state index is 12.0. The van der Waals surface area contributed by atoms with Crippen molar-refractivity contribution in [3.63, 3.8) is 0 Å². The average Bonchev–Trinajstić information content (AvgIpc) is 3.51. The average molecular weight is 375 g/mol. The molecule has 0 aromatic heterocycles. The number of nitrogens with zero attached hydrogens (tertiary/aromatic N) is 2. The highest BCUT2D eigenvalue weighted by Crippen LogP contribution is 2.49. The number of anilines is 2. The number of ether oxygens (including phenoxy) is 1. The summed E-state index contributed by atoms with van der Waals surface area (Å²) in [5, 5.41) is 12.9. The molecular weight excluding hydrogens is 350 g/mol. The van der Waals surface area contributed by atoms with Gasteiger partial charge in [-0.2, -0.15) is 5.26 Å². The largest absolute Gasteiger partial charge is 0.494 e. The van der Waals surface area contributed by atoms with E-state index in [1.165, 1.54) is 0 Å². The second-order valence-corrected chi connectivity index (χ2v) is 7.38. The number of hydrogen-bond acceptors (Lipinski definition) is 4. The molecule has 4 rings (SSSR count). The lowest BCUT2D eigenvalue weighted by atomic mass is 9.91. The summed E-state index contributed by atoms with van der Waals surface area (Å²) in [5.74, 6) is 0.879. The van der Waals surface area contributed by atoms with Gasteiger partial charge in [0.15, 0.2) is 0 Å². The Morgan fingerprint density at radius 3 is 2.57 bits per heavy atom. The number of benzene rings is 2. The SMILES string of the molecule is CCOc1ccc2c(c1)N(CC)C(c1ccc(NC(=O)C3CC3)cc1)C2C#N. The number of amides is 1. The number of hydrogen-bond donors (Lipinski definition) is 1. The molecule has 0 saturated heterocycles. The van der Waals surface area contributed by atoms with Crippen molar-refractivity contribution in [1.82, 2.24) is 0 Å². The van der Waals surface area contributed by atoms with E-state index in [1.54, 1.807) is 0 Å². The van der Waals surface area contributed by atoms with Crippen LogP contribution in [0.1, 0.15) is 49.8 Å². The molecule has 0 bridgehead atoms. The van der Waals surface area contributed by atoms with E-state index in [0.29, 0.717) is 6.61 Å². The maximum Gasteiger partial charge on any atom is 0.227 e. The van der Waals surface area contributed by atoms with Crippen molar-refractivity contribution >= 4 is 17.3 Å². The van der Waals surface area contributed by atoms with Gasteiger partial charge >= 0.3 is 0 Å². The third kappa shape index (κ3) is 3.31. The molecule has 2 unspecified atom stereocenters. The predicted octanol–water partition coefficient (Wildman–Crippen LogP) is 4.62. The number of rotatable bonds is 6. The van der Waals surface area contributed by atoms with Crippen LogP contribution in [0.5, 0.6) is 5.75 Å². The first-order chi connectivity index (χ1) is 13.7. The molecule has 1 aliphatic heterocycles. The van der Waals surface area contributed by atoms with E-state index in [1.807, 2.05) is 49.4 Å². The fraction of sp³-hybridized carbons (Fsp3) is 0.391. The van der Waals surface area contributed by atoms with Gasteiger partial charge in [0.25, 0.3) is 0 Å². The van der Waals surface area contributed by atoms with Crippen molar-refractivity contribution in [3.05, 3.63) is 53.6 Å². The summed E-state index contributed by atoms with van der Waals surface area (Å²) < 4.78 is 5.66. The first kappa shape index (κ1) is 18.4. The summed E-state index contributed by atoms with van der Waals surface area (Å²) in [6, 6.07) is 16.4. The summed E-state index contributed by atoms with van der Waals surface area (Å²) in [6.45, 7) is 5.49. The fourth-order valence-corrected chi connectivity index (χ4v) is 4.02. The zero-order valence-corrected chi connectivity index (χ0v) is 16.3. The zero-order chi connectivity index (χ0) is 19.7. The molecule has 5 heteroatoms. The van der Waals surface area contributed by atoms with Gasteiger partial charge in [0.2, 0.25) is 5.91 Å². The molecule has 1 saturated carbocycles. The Hall–Kier alpha value is -3.00.